The lowest BCUT2D eigenvalue weighted by molar-refractivity contribution is 0.0937. The summed E-state index contributed by atoms with van der Waals surface area (Å²) >= 11 is 0. The van der Waals surface area contributed by atoms with Gasteiger partial charge >= 0.3 is 0 Å². The van der Waals surface area contributed by atoms with E-state index in [0.717, 1.165) is 0 Å². The van der Waals surface area contributed by atoms with Crippen LogP contribution in [-0.2, 0) is 0 Å². The van der Waals surface area contributed by atoms with Crippen molar-refractivity contribution in [2.75, 3.05) is 12.4 Å². The molecule has 0 atom stereocenters. The Morgan fingerprint density at radius 1 is 0.963 bits per heavy atom. The largest absolute Gasteiger partial charge is 0.364 e. The van der Waals surface area contributed by atoms with E-state index in [1.165, 1.54) is 17.9 Å². The van der Waals surface area contributed by atoms with Gasteiger partial charge in [0.1, 0.15) is 12.0 Å². The quantitative estimate of drug-likeness (QED) is 0.637. The molecule has 1 heterocycles. The molecule has 0 bridgehead atoms. The molecule has 0 fully saturated rings. The van der Waals surface area contributed by atoms with Crippen molar-refractivity contribution in [1.29, 1.82) is 0 Å². The molecule has 2 aromatic carbocycles. The summed E-state index contributed by atoms with van der Waals surface area (Å²) in [6, 6.07) is 15.6. The van der Waals surface area contributed by atoms with E-state index in [1.54, 1.807) is 48.5 Å². The van der Waals surface area contributed by atoms with Crippen molar-refractivity contribution >= 4 is 23.4 Å². The zero-order valence-corrected chi connectivity index (χ0v) is 14.5. The molecule has 0 unspecified atom stereocenters. The summed E-state index contributed by atoms with van der Waals surface area (Å²) in [4.78, 5) is 39.8. The first kappa shape index (κ1) is 17.9. The number of imidazole rings is 1. The molecule has 27 heavy (non-hydrogen) atoms. The van der Waals surface area contributed by atoms with E-state index in [4.69, 9.17) is 5.73 Å². The number of benzene rings is 2. The zero-order valence-electron chi connectivity index (χ0n) is 14.5. The number of rotatable bonds is 5. The van der Waals surface area contributed by atoms with Crippen LogP contribution in [0.5, 0.6) is 0 Å². The predicted octanol–water partition coefficient (Wildman–Crippen LogP) is 1.58. The maximum Gasteiger partial charge on any atom is 0.272 e. The van der Waals surface area contributed by atoms with Crippen molar-refractivity contribution in [1.82, 2.24) is 14.9 Å². The van der Waals surface area contributed by atoms with Gasteiger partial charge < -0.3 is 16.4 Å². The molecule has 0 saturated heterocycles. The Bertz CT molecular complexity index is 994. The molecule has 3 amide bonds. The van der Waals surface area contributed by atoms with E-state index in [9.17, 15) is 14.4 Å². The van der Waals surface area contributed by atoms with Crippen molar-refractivity contribution in [2.45, 2.75) is 0 Å². The van der Waals surface area contributed by atoms with Gasteiger partial charge in [-0.05, 0) is 36.4 Å². The van der Waals surface area contributed by atoms with Crippen LogP contribution in [0, 0.1) is 0 Å². The summed E-state index contributed by atoms with van der Waals surface area (Å²) in [6.45, 7) is 0. The number of hydrogen-bond donors (Lipinski definition) is 3. The third-order valence-electron chi connectivity index (χ3n) is 3.88. The minimum atomic E-state index is -0.771. The Labute approximate surface area is 155 Å². The molecule has 0 saturated carbocycles. The smallest absolute Gasteiger partial charge is 0.272 e. The van der Waals surface area contributed by atoms with Gasteiger partial charge in [0.25, 0.3) is 17.7 Å². The first-order valence-corrected chi connectivity index (χ1v) is 8.07. The minimum absolute atomic E-state index is 0.0181. The van der Waals surface area contributed by atoms with Crippen LogP contribution in [0.4, 0.5) is 5.69 Å². The summed E-state index contributed by atoms with van der Waals surface area (Å²) < 4.78 is 1.43. The van der Waals surface area contributed by atoms with E-state index < -0.39 is 11.8 Å². The van der Waals surface area contributed by atoms with E-state index in [-0.39, 0.29) is 17.3 Å². The molecule has 0 radical (unpaired) electrons. The van der Waals surface area contributed by atoms with E-state index in [1.807, 2.05) is 6.07 Å². The number of carbonyl (C=O) groups is 3. The molecule has 3 rings (SSSR count). The van der Waals surface area contributed by atoms with Gasteiger partial charge in [-0.3, -0.25) is 19.0 Å². The molecule has 0 aliphatic heterocycles. The van der Waals surface area contributed by atoms with Gasteiger partial charge in [-0.25, -0.2) is 4.98 Å². The van der Waals surface area contributed by atoms with Gasteiger partial charge in [0.05, 0.1) is 0 Å². The van der Waals surface area contributed by atoms with Crippen LogP contribution in [0.15, 0.2) is 60.9 Å². The fourth-order valence-electron chi connectivity index (χ4n) is 2.56. The number of nitrogens with zero attached hydrogens (tertiary/aromatic N) is 2. The topological polar surface area (TPSA) is 119 Å². The molecule has 3 aromatic rings. The Balaban J connectivity index is 1.86. The molecule has 0 aliphatic carbocycles. The summed E-state index contributed by atoms with van der Waals surface area (Å²) in [5.74, 6) is -1.51. The summed E-state index contributed by atoms with van der Waals surface area (Å²) in [5, 5.41) is 5.20. The number of carbonyl (C=O) groups excluding carboxylic acids is 3. The van der Waals surface area contributed by atoms with Gasteiger partial charge in [0.15, 0.2) is 5.69 Å². The Kier molecular flexibility index (Phi) is 4.98. The Morgan fingerprint density at radius 3 is 2.22 bits per heavy atom. The summed E-state index contributed by atoms with van der Waals surface area (Å²) in [7, 11) is 1.44. The van der Waals surface area contributed by atoms with Crippen LogP contribution in [0.2, 0.25) is 0 Å². The van der Waals surface area contributed by atoms with Crippen molar-refractivity contribution in [3.8, 4) is 5.69 Å². The maximum absolute atomic E-state index is 12.2. The maximum atomic E-state index is 12.2. The number of amides is 3. The van der Waals surface area contributed by atoms with Crippen LogP contribution in [0.3, 0.4) is 0 Å². The standard InChI is InChI=1S/C19H17N5O3/c1-21-19(27)15-16(17(20)25)24(11-22-15)14-9-7-13(8-10-14)23-18(26)12-5-3-2-4-6-12/h2-11H,1H3,(H2,20,25)(H,21,27)(H,23,26). The third-order valence-corrected chi connectivity index (χ3v) is 3.88. The third kappa shape index (κ3) is 3.69. The fraction of sp³-hybridized carbons (Fsp3) is 0.0526. The first-order chi connectivity index (χ1) is 13.0. The second-order valence-electron chi connectivity index (χ2n) is 5.62. The number of anilines is 1. The average Bonchev–Trinajstić information content (AvgIpc) is 3.14. The highest BCUT2D eigenvalue weighted by atomic mass is 16.2. The highest BCUT2D eigenvalue weighted by Gasteiger charge is 2.22. The number of hydrogen-bond acceptors (Lipinski definition) is 4. The Hall–Kier alpha value is -3.94. The van der Waals surface area contributed by atoms with Crippen LogP contribution in [-0.4, -0.2) is 34.3 Å². The minimum Gasteiger partial charge on any atom is -0.364 e. The number of nitrogens with two attached hydrogens (primary N) is 1. The van der Waals surface area contributed by atoms with Crippen LogP contribution in [0.25, 0.3) is 5.69 Å². The number of primary amides is 1. The normalized spacial score (nSPS) is 10.3. The molecule has 0 aliphatic rings. The van der Waals surface area contributed by atoms with Crippen LogP contribution >= 0.6 is 0 Å². The number of nitrogens with one attached hydrogen (secondary N) is 2. The molecule has 4 N–H and O–H groups in total. The molecule has 136 valence electrons. The zero-order chi connectivity index (χ0) is 19.4. The SMILES string of the molecule is CNC(=O)c1ncn(-c2ccc(NC(=O)c3ccccc3)cc2)c1C(N)=O. The van der Waals surface area contributed by atoms with Gasteiger partial charge in [-0.1, -0.05) is 18.2 Å². The van der Waals surface area contributed by atoms with Crippen molar-refractivity contribution < 1.29 is 14.4 Å². The van der Waals surface area contributed by atoms with Crippen LogP contribution in [0.1, 0.15) is 31.3 Å². The summed E-state index contributed by atoms with van der Waals surface area (Å²) in [5.41, 5.74) is 7.05. The molecule has 1 aromatic heterocycles. The lowest BCUT2D eigenvalue weighted by Crippen LogP contribution is -2.25. The van der Waals surface area contributed by atoms with E-state index in [0.29, 0.717) is 16.9 Å². The van der Waals surface area contributed by atoms with Crippen molar-refractivity contribution in [2.24, 2.45) is 5.73 Å². The Morgan fingerprint density at radius 2 is 1.63 bits per heavy atom. The van der Waals surface area contributed by atoms with E-state index in [2.05, 4.69) is 15.6 Å². The average molecular weight is 363 g/mol. The lowest BCUT2D eigenvalue weighted by Gasteiger charge is -2.09. The second-order valence-corrected chi connectivity index (χ2v) is 5.62. The van der Waals surface area contributed by atoms with Gasteiger partial charge in [0.2, 0.25) is 0 Å². The molecular formula is C19H17N5O3. The first-order valence-electron chi connectivity index (χ1n) is 8.07. The second kappa shape index (κ2) is 7.52. The highest BCUT2D eigenvalue weighted by Crippen LogP contribution is 2.18. The fourth-order valence-corrected chi connectivity index (χ4v) is 2.56. The molecule has 0 spiro atoms. The molecule has 8 nitrogen and oxygen atoms in total. The van der Waals surface area contributed by atoms with Gasteiger partial charge in [-0.2, -0.15) is 0 Å². The highest BCUT2D eigenvalue weighted by molar-refractivity contribution is 6.05. The van der Waals surface area contributed by atoms with Crippen molar-refractivity contribution in [3.63, 3.8) is 0 Å². The monoisotopic (exact) mass is 363 g/mol. The van der Waals surface area contributed by atoms with Crippen LogP contribution < -0.4 is 16.4 Å². The lowest BCUT2D eigenvalue weighted by atomic mass is 10.2. The summed E-state index contributed by atoms with van der Waals surface area (Å²) in [6.07, 6.45) is 1.35. The molecule has 8 heteroatoms. The van der Waals surface area contributed by atoms with E-state index >= 15 is 0 Å². The predicted molar refractivity (Wildman–Crippen MR) is 99.9 cm³/mol. The number of aromatic nitrogens is 2. The van der Waals surface area contributed by atoms with Crippen molar-refractivity contribution in [3.05, 3.63) is 77.9 Å². The van der Waals surface area contributed by atoms with Gasteiger partial charge in [-0.15, -0.1) is 0 Å². The molecular weight excluding hydrogens is 346 g/mol. The van der Waals surface area contributed by atoms with Gasteiger partial charge in [0, 0.05) is 24.0 Å².